The first kappa shape index (κ1) is 17.7. The molecule has 3 aromatic heterocycles. The van der Waals surface area contributed by atoms with E-state index < -0.39 is 10.0 Å². The Kier molecular flexibility index (Phi) is 4.50. The molecule has 0 radical (unpaired) electrons. The smallest absolute Gasteiger partial charge is 0.264 e. The quantitative estimate of drug-likeness (QED) is 0.421. The van der Waals surface area contributed by atoms with Crippen molar-refractivity contribution in [3.8, 4) is 17.5 Å². The monoisotopic (exact) mass is 396 g/mol. The van der Waals surface area contributed by atoms with E-state index in [0.29, 0.717) is 22.3 Å². The molecule has 0 fully saturated rings. The fourth-order valence-electron chi connectivity index (χ4n) is 2.54. The minimum absolute atomic E-state index is 0.109. The molecular weight excluding hydrogens is 384 g/mol. The number of sulfonamides is 1. The van der Waals surface area contributed by atoms with Crippen molar-refractivity contribution in [1.29, 1.82) is 5.26 Å². The summed E-state index contributed by atoms with van der Waals surface area (Å²) in [6.07, 6.45) is 6.08. The number of benzene rings is 1. The third-order valence-electron chi connectivity index (χ3n) is 3.83. The second-order valence-electron chi connectivity index (χ2n) is 5.55. The first-order valence-electron chi connectivity index (χ1n) is 7.88. The second kappa shape index (κ2) is 7.12. The van der Waals surface area contributed by atoms with Crippen LogP contribution in [-0.2, 0) is 15.0 Å². The predicted octanol–water partition coefficient (Wildman–Crippen LogP) is 2.33. The zero-order valence-corrected chi connectivity index (χ0v) is 14.9. The van der Waals surface area contributed by atoms with Crippen molar-refractivity contribution in [3.05, 3.63) is 60.7 Å². The van der Waals surface area contributed by atoms with E-state index in [1.165, 1.54) is 42.9 Å². The molecule has 0 atom stereocenters. The highest BCUT2D eigenvalue weighted by molar-refractivity contribution is 7.89. The number of rotatable bonds is 6. The van der Waals surface area contributed by atoms with Gasteiger partial charge in [-0.3, -0.25) is 0 Å². The molecule has 140 valence electrons. The summed E-state index contributed by atoms with van der Waals surface area (Å²) in [6, 6.07) is 9.18. The van der Waals surface area contributed by atoms with Gasteiger partial charge >= 0.3 is 0 Å². The third-order valence-corrected chi connectivity index (χ3v) is 5.00. The van der Waals surface area contributed by atoms with Gasteiger partial charge in [0.15, 0.2) is 0 Å². The lowest BCUT2D eigenvalue weighted by Crippen LogP contribution is -2.27. The van der Waals surface area contributed by atoms with Crippen molar-refractivity contribution in [1.82, 2.24) is 19.8 Å². The molecule has 0 bridgehead atoms. The van der Waals surface area contributed by atoms with Crippen LogP contribution in [0.1, 0.15) is 5.56 Å². The number of nitrogens with one attached hydrogen (secondary N) is 3. The molecule has 0 saturated carbocycles. The number of H-pyrrole nitrogens is 1. The maximum Gasteiger partial charge on any atom is 0.264 e. The van der Waals surface area contributed by atoms with Gasteiger partial charge in [0.25, 0.3) is 10.0 Å². The van der Waals surface area contributed by atoms with Crippen LogP contribution in [0.3, 0.4) is 0 Å². The van der Waals surface area contributed by atoms with Crippen LogP contribution in [0.15, 0.2) is 64.5 Å². The van der Waals surface area contributed by atoms with Crippen LogP contribution < -0.4 is 10.4 Å². The van der Waals surface area contributed by atoms with Crippen molar-refractivity contribution < 1.29 is 17.8 Å². The van der Waals surface area contributed by atoms with E-state index in [1.54, 1.807) is 12.3 Å². The number of aromatic nitrogens is 3. The molecule has 28 heavy (non-hydrogen) atoms. The number of nitrogens with zero attached hydrogens (tertiary/aromatic N) is 3. The van der Waals surface area contributed by atoms with Gasteiger partial charge in [0, 0.05) is 17.8 Å². The summed E-state index contributed by atoms with van der Waals surface area (Å²) < 4.78 is 30.1. The van der Waals surface area contributed by atoms with Crippen LogP contribution in [0.2, 0.25) is 0 Å². The highest BCUT2D eigenvalue weighted by Crippen LogP contribution is 2.32. The Balaban J connectivity index is 1.60. The maximum atomic E-state index is 12.4. The van der Waals surface area contributed by atoms with E-state index in [1.807, 2.05) is 11.0 Å². The van der Waals surface area contributed by atoms with Crippen molar-refractivity contribution in [2.45, 2.75) is 4.90 Å². The molecule has 4 rings (SSSR count). The second-order valence-corrected chi connectivity index (χ2v) is 7.20. The maximum absolute atomic E-state index is 12.4. The van der Waals surface area contributed by atoms with Gasteiger partial charge in [-0.25, -0.2) is 23.9 Å². The summed E-state index contributed by atoms with van der Waals surface area (Å²) in [4.78, 5) is 18.2. The third kappa shape index (κ3) is 3.30. The van der Waals surface area contributed by atoms with Gasteiger partial charge in [0.05, 0.1) is 34.0 Å². The fraction of sp³-hybridized carbons (Fsp3) is 0. The number of fused-ring (bicyclic) bond motifs is 1. The number of hydrogen-bond acceptors (Lipinski definition) is 8. The summed E-state index contributed by atoms with van der Waals surface area (Å²) in [5.41, 5.74) is 4.22. The minimum Gasteiger partial charge on any atom is -0.444 e. The number of aromatic amines is 1. The van der Waals surface area contributed by atoms with E-state index in [4.69, 9.17) is 14.6 Å². The molecule has 0 saturated heterocycles. The molecule has 0 aliphatic heterocycles. The lowest BCUT2D eigenvalue weighted by atomic mass is 10.2. The van der Waals surface area contributed by atoms with E-state index in [9.17, 15) is 8.42 Å². The molecule has 1 aromatic carbocycles. The Morgan fingerprint density at radius 1 is 1.25 bits per heavy atom. The van der Waals surface area contributed by atoms with Crippen molar-refractivity contribution in [2.24, 2.45) is 0 Å². The Hall–Kier alpha value is -3.72. The van der Waals surface area contributed by atoms with Gasteiger partial charge in [-0.2, -0.15) is 10.2 Å². The summed E-state index contributed by atoms with van der Waals surface area (Å²) in [6.45, 7) is 0. The Bertz CT molecular complexity index is 1270. The van der Waals surface area contributed by atoms with Gasteiger partial charge in [-0.05, 0) is 24.3 Å². The zero-order chi connectivity index (χ0) is 19.6. The molecule has 11 heteroatoms. The first-order chi connectivity index (χ1) is 13.6. The lowest BCUT2D eigenvalue weighted by Gasteiger charge is -2.12. The lowest BCUT2D eigenvalue weighted by molar-refractivity contribution is 0.149. The molecule has 3 heterocycles. The highest BCUT2D eigenvalue weighted by Gasteiger charge is 2.18. The molecule has 0 unspecified atom stereocenters. The van der Waals surface area contributed by atoms with E-state index in [2.05, 4.69) is 20.4 Å². The highest BCUT2D eigenvalue weighted by atomic mass is 32.2. The van der Waals surface area contributed by atoms with Gasteiger partial charge in [0.2, 0.25) is 5.89 Å². The van der Waals surface area contributed by atoms with Crippen molar-refractivity contribution in [3.63, 3.8) is 0 Å². The summed E-state index contributed by atoms with van der Waals surface area (Å²) in [5, 5.41) is 9.56. The van der Waals surface area contributed by atoms with Gasteiger partial charge < -0.3 is 9.40 Å². The average Bonchev–Trinajstić information content (AvgIpc) is 3.40. The molecule has 0 aliphatic carbocycles. The summed E-state index contributed by atoms with van der Waals surface area (Å²) >= 11 is 0. The van der Waals surface area contributed by atoms with Crippen molar-refractivity contribution >= 4 is 26.7 Å². The van der Waals surface area contributed by atoms with Crippen LogP contribution in [0.4, 0.5) is 5.69 Å². The van der Waals surface area contributed by atoms with Crippen LogP contribution in [0.5, 0.6) is 0 Å². The van der Waals surface area contributed by atoms with Crippen molar-refractivity contribution in [2.75, 3.05) is 5.48 Å². The van der Waals surface area contributed by atoms with E-state index in [-0.39, 0.29) is 16.3 Å². The molecule has 10 nitrogen and oxygen atoms in total. The number of anilines is 1. The molecule has 3 N–H and O–H groups in total. The van der Waals surface area contributed by atoms with E-state index in [0.717, 1.165) is 0 Å². The van der Waals surface area contributed by atoms with Crippen LogP contribution in [-0.4, -0.2) is 23.4 Å². The number of pyridine rings is 1. The van der Waals surface area contributed by atoms with Gasteiger partial charge in [-0.15, -0.1) is 0 Å². The fourth-order valence-corrected chi connectivity index (χ4v) is 3.33. The first-order valence-corrected chi connectivity index (χ1v) is 9.36. The number of oxazole rings is 1. The van der Waals surface area contributed by atoms with Crippen LogP contribution >= 0.6 is 0 Å². The standard InChI is InChI=1S/C17H12N6O4S/c18-9-11-2-1-3-12(8-11)28(24,25)23-27-22-15-13-4-5-19-16(13)21-10-14(15)17-20-6-7-26-17/h1-8,10,23H,(H2,19,21,22). The number of nitriles is 1. The normalized spacial score (nSPS) is 11.4. The summed E-state index contributed by atoms with van der Waals surface area (Å²) in [7, 11) is -4.02. The topological polar surface area (TPSA) is 146 Å². The Morgan fingerprint density at radius 2 is 2.14 bits per heavy atom. The molecule has 0 aliphatic rings. The molecule has 0 amide bonds. The summed E-state index contributed by atoms with van der Waals surface area (Å²) in [5.74, 6) is 0.284. The van der Waals surface area contributed by atoms with Gasteiger partial charge in [0.1, 0.15) is 11.9 Å². The van der Waals surface area contributed by atoms with E-state index >= 15 is 0 Å². The largest absolute Gasteiger partial charge is 0.444 e. The Morgan fingerprint density at radius 3 is 2.93 bits per heavy atom. The minimum atomic E-state index is -4.02. The van der Waals surface area contributed by atoms with Crippen LogP contribution in [0.25, 0.3) is 22.5 Å². The molecular formula is C17H12N6O4S. The van der Waals surface area contributed by atoms with Gasteiger partial charge in [-0.1, -0.05) is 11.0 Å². The molecule has 4 aromatic rings. The average molecular weight is 396 g/mol. The molecule has 0 spiro atoms. The number of hydrogen-bond donors (Lipinski definition) is 3. The zero-order valence-electron chi connectivity index (χ0n) is 14.1. The van der Waals surface area contributed by atoms with Crippen LogP contribution in [0, 0.1) is 11.3 Å². The predicted molar refractivity (Wildman–Crippen MR) is 97.8 cm³/mol. The SMILES string of the molecule is N#Cc1cccc(S(=O)(=O)NONc2c(-c3ncco3)cnc3[nH]ccc23)c1. The Labute approximate surface area is 158 Å².